The van der Waals surface area contributed by atoms with Gasteiger partial charge >= 0.3 is 5.97 Å². The number of rotatable bonds is 6. The van der Waals surface area contributed by atoms with Gasteiger partial charge in [-0.05, 0) is 31.9 Å². The van der Waals surface area contributed by atoms with Crippen molar-refractivity contribution in [3.63, 3.8) is 0 Å². The fourth-order valence-corrected chi connectivity index (χ4v) is 2.33. The van der Waals surface area contributed by atoms with Gasteiger partial charge in [-0.25, -0.2) is 9.18 Å². The third kappa shape index (κ3) is 5.05. The Morgan fingerprint density at radius 3 is 3.05 bits per heavy atom. The first kappa shape index (κ1) is 16.4. The lowest BCUT2D eigenvalue weighted by atomic mass is 10.2. The normalized spacial score (nSPS) is 19.5. The van der Waals surface area contributed by atoms with Crippen LogP contribution in [0.5, 0.6) is 0 Å². The molecule has 0 aliphatic carbocycles. The van der Waals surface area contributed by atoms with Crippen molar-refractivity contribution in [3.8, 4) is 0 Å². The van der Waals surface area contributed by atoms with Gasteiger partial charge in [0.2, 0.25) is 0 Å². The number of carbonyl (C=O) groups is 1. The second-order valence-corrected chi connectivity index (χ2v) is 5.87. The summed E-state index contributed by atoms with van der Waals surface area (Å²) in [5.74, 6) is -0.916. The Balaban J connectivity index is 1.75. The molecule has 1 saturated heterocycles. The average molecular weight is 361 g/mol. The van der Waals surface area contributed by atoms with Gasteiger partial charge in [-0.1, -0.05) is 22.0 Å². The first-order valence-electron chi connectivity index (χ1n) is 6.90. The van der Waals surface area contributed by atoms with E-state index in [1.807, 2.05) is 0 Å². The molecule has 4 nitrogen and oxygen atoms in total. The SMILES string of the molecule is CC(OCC1CCCO1)C(=O)OCc1ccc(Br)cc1F. The van der Waals surface area contributed by atoms with E-state index < -0.39 is 17.9 Å². The second kappa shape index (κ2) is 7.87. The van der Waals surface area contributed by atoms with E-state index in [9.17, 15) is 9.18 Å². The summed E-state index contributed by atoms with van der Waals surface area (Å²) >= 11 is 3.17. The number of hydrogen-bond acceptors (Lipinski definition) is 4. The van der Waals surface area contributed by atoms with Crippen LogP contribution >= 0.6 is 15.9 Å². The Bertz CT molecular complexity index is 489. The highest BCUT2D eigenvalue weighted by Gasteiger charge is 2.21. The van der Waals surface area contributed by atoms with Crippen molar-refractivity contribution in [2.24, 2.45) is 0 Å². The minimum atomic E-state index is -0.687. The molecule has 0 N–H and O–H groups in total. The minimum absolute atomic E-state index is 0.0594. The van der Waals surface area contributed by atoms with Crippen LogP contribution in [0, 0.1) is 5.82 Å². The third-order valence-corrected chi connectivity index (χ3v) is 3.77. The Morgan fingerprint density at radius 1 is 1.57 bits per heavy atom. The summed E-state index contributed by atoms with van der Waals surface area (Å²) in [4.78, 5) is 11.8. The van der Waals surface area contributed by atoms with Crippen molar-refractivity contribution >= 4 is 21.9 Å². The summed E-state index contributed by atoms with van der Waals surface area (Å²) in [7, 11) is 0. The van der Waals surface area contributed by atoms with Crippen LogP contribution in [0.15, 0.2) is 22.7 Å². The molecule has 1 fully saturated rings. The average Bonchev–Trinajstić information content (AvgIpc) is 2.96. The minimum Gasteiger partial charge on any atom is -0.459 e. The molecule has 21 heavy (non-hydrogen) atoms. The first-order valence-corrected chi connectivity index (χ1v) is 7.69. The van der Waals surface area contributed by atoms with Gasteiger partial charge in [0.25, 0.3) is 0 Å². The summed E-state index contributed by atoms with van der Waals surface area (Å²) in [6.45, 7) is 2.64. The predicted octanol–water partition coefficient (Wildman–Crippen LogP) is 3.22. The smallest absolute Gasteiger partial charge is 0.335 e. The fraction of sp³-hybridized carbons (Fsp3) is 0.533. The lowest BCUT2D eigenvalue weighted by Crippen LogP contribution is -2.27. The zero-order valence-electron chi connectivity index (χ0n) is 11.8. The fourth-order valence-electron chi connectivity index (χ4n) is 2.00. The monoisotopic (exact) mass is 360 g/mol. The molecule has 2 atom stereocenters. The van der Waals surface area contributed by atoms with Crippen molar-refractivity contribution in [1.82, 2.24) is 0 Å². The number of halogens is 2. The summed E-state index contributed by atoms with van der Waals surface area (Å²) in [6, 6.07) is 4.61. The molecule has 1 heterocycles. The van der Waals surface area contributed by atoms with Crippen molar-refractivity contribution < 1.29 is 23.4 Å². The molecule has 2 unspecified atom stereocenters. The molecule has 0 amide bonds. The van der Waals surface area contributed by atoms with Gasteiger partial charge in [0.05, 0.1) is 12.7 Å². The summed E-state index contributed by atoms with van der Waals surface area (Å²) < 4.78 is 30.1. The molecular formula is C15H18BrFO4. The lowest BCUT2D eigenvalue weighted by molar-refractivity contribution is -0.159. The van der Waals surface area contributed by atoms with E-state index in [2.05, 4.69) is 15.9 Å². The van der Waals surface area contributed by atoms with Crippen LogP contribution in [-0.4, -0.2) is 31.4 Å². The maximum absolute atomic E-state index is 13.6. The zero-order chi connectivity index (χ0) is 15.2. The molecule has 0 aromatic heterocycles. The quantitative estimate of drug-likeness (QED) is 0.730. The van der Waals surface area contributed by atoms with Crippen LogP contribution in [-0.2, 0) is 25.6 Å². The topological polar surface area (TPSA) is 44.8 Å². The van der Waals surface area contributed by atoms with Gasteiger partial charge in [0.1, 0.15) is 12.4 Å². The molecule has 0 bridgehead atoms. The van der Waals surface area contributed by atoms with E-state index in [1.165, 1.54) is 6.07 Å². The van der Waals surface area contributed by atoms with Crippen molar-refractivity contribution in [3.05, 3.63) is 34.1 Å². The van der Waals surface area contributed by atoms with Gasteiger partial charge in [0.15, 0.2) is 6.10 Å². The Kier molecular flexibility index (Phi) is 6.14. The molecule has 1 aromatic carbocycles. The molecule has 0 spiro atoms. The zero-order valence-corrected chi connectivity index (χ0v) is 13.4. The first-order chi connectivity index (χ1) is 10.1. The maximum atomic E-state index is 13.6. The second-order valence-electron chi connectivity index (χ2n) is 4.95. The van der Waals surface area contributed by atoms with Gasteiger partial charge < -0.3 is 14.2 Å². The Labute approximate surface area is 131 Å². The molecule has 0 saturated carbocycles. The predicted molar refractivity (Wildman–Crippen MR) is 78.3 cm³/mol. The van der Waals surface area contributed by atoms with Crippen LogP contribution < -0.4 is 0 Å². The van der Waals surface area contributed by atoms with E-state index in [0.29, 0.717) is 16.6 Å². The molecule has 0 radical (unpaired) electrons. The molecular weight excluding hydrogens is 343 g/mol. The maximum Gasteiger partial charge on any atom is 0.335 e. The summed E-state index contributed by atoms with van der Waals surface area (Å²) in [5, 5.41) is 0. The molecule has 6 heteroatoms. The molecule has 1 aliphatic heterocycles. The molecule has 2 rings (SSSR count). The van der Waals surface area contributed by atoms with Gasteiger partial charge in [-0.15, -0.1) is 0 Å². The highest BCUT2D eigenvalue weighted by molar-refractivity contribution is 9.10. The van der Waals surface area contributed by atoms with Crippen LogP contribution in [0.1, 0.15) is 25.3 Å². The summed E-state index contributed by atoms with van der Waals surface area (Å²) in [5.41, 5.74) is 0.331. The lowest BCUT2D eigenvalue weighted by Gasteiger charge is -2.15. The number of ether oxygens (including phenoxy) is 3. The molecule has 1 aliphatic rings. The van der Waals surface area contributed by atoms with E-state index >= 15 is 0 Å². The largest absolute Gasteiger partial charge is 0.459 e. The Hall–Kier alpha value is -0.980. The van der Waals surface area contributed by atoms with Crippen LogP contribution in [0.4, 0.5) is 4.39 Å². The molecule has 116 valence electrons. The van der Waals surface area contributed by atoms with Gasteiger partial charge in [-0.2, -0.15) is 0 Å². The van der Waals surface area contributed by atoms with Gasteiger partial charge in [-0.3, -0.25) is 0 Å². The van der Waals surface area contributed by atoms with E-state index in [-0.39, 0.29) is 12.7 Å². The molecule has 1 aromatic rings. The van der Waals surface area contributed by atoms with E-state index in [1.54, 1.807) is 19.1 Å². The number of esters is 1. The number of hydrogen-bond donors (Lipinski definition) is 0. The van der Waals surface area contributed by atoms with Crippen molar-refractivity contribution in [1.29, 1.82) is 0 Å². The van der Waals surface area contributed by atoms with Crippen LogP contribution in [0.25, 0.3) is 0 Å². The van der Waals surface area contributed by atoms with Crippen molar-refractivity contribution in [2.45, 2.75) is 38.6 Å². The van der Waals surface area contributed by atoms with Gasteiger partial charge in [0, 0.05) is 16.6 Å². The third-order valence-electron chi connectivity index (χ3n) is 3.27. The highest BCUT2D eigenvalue weighted by Crippen LogP contribution is 2.17. The number of carbonyl (C=O) groups excluding carboxylic acids is 1. The van der Waals surface area contributed by atoms with E-state index in [0.717, 1.165) is 19.4 Å². The van der Waals surface area contributed by atoms with Crippen LogP contribution in [0.2, 0.25) is 0 Å². The Morgan fingerprint density at radius 2 is 2.38 bits per heavy atom. The van der Waals surface area contributed by atoms with Crippen LogP contribution in [0.3, 0.4) is 0 Å². The standard InChI is InChI=1S/C15H18BrFO4/c1-10(20-9-13-3-2-6-19-13)15(18)21-8-11-4-5-12(16)7-14(11)17/h4-5,7,10,13H,2-3,6,8-9H2,1H3. The van der Waals surface area contributed by atoms with E-state index in [4.69, 9.17) is 14.2 Å². The highest BCUT2D eigenvalue weighted by atomic mass is 79.9. The van der Waals surface area contributed by atoms with Crippen molar-refractivity contribution in [2.75, 3.05) is 13.2 Å². The summed E-state index contributed by atoms with van der Waals surface area (Å²) in [6.07, 6.45) is 1.35. The number of benzene rings is 1.